The summed E-state index contributed by atoms with van der Waals surface area (Å²) in [6.45, 7) is 0. The van der Waals surface area contributed by atoms with Gasteiger partial charge in [0.05, 0.1) is 6.42 Å². The molecule has 1 aliphatic carbocycles. The van der Waals surface area contributed by atoms with Gasteiger partial charge in [0.2, 0.25) is 0 Å². The molecule has 0 heterocycles. The van der Waals surface area contributed by atoms with Crippen LogP contribution in [0.25, 0.3) is 0 Å². The van der Waals surface area contributed by atoms with Crippen LogP contribution in [0.3, 0.4) is 0 Å². The first-order chi connectivity index (χ1) is 9.86. The minimum atomic E-state index is -1.25. The smallest absolute Gasteiger partial charge is 0.319 e. The van der Waals surface area contributed by atoms with Crippen molar-refractivity contribution in [1.29, 1.82) is 0 Å². The highest BCUT2D eigenvalue weighted by atomic mass is 19.1. The summed E-state index contributed by atoms with van der Waals surface area (Å²) >= 11 is 0. The summed E-state index contributed by atoms with van der Waals surface area (Å²) < 4.78 is 39.5. The fraction of sp³-hybridized carbons (Fsp3) is 0.385. The number of benzene rings is 1. The first-order valence-electron chi connectivity index (χ1n) is 6.30. The third-order valence-corrected chi connectivity index (χ3v) is 3.15. The Morgan fingerprint density at radius 3 is 2.29 bits per heavy atom. The van der Waals surface area contributed by atoms with Crippen LogP contribution >= 0.6 is 0 Å². The molecule has 21 heavy (non-hydrogen) atoms. The van der Waals surface area contributed by atoms with Crippen LogP contribution in [0.4, 0.5) is 23.7 Å². The van der Waals surface area contributed by atoms with E-state index in [1.165, 1.54) is 0 Å². The number of nitrogens with one attached hydrogen (secondary N) is 2. The zero-order chi connectivity index (χ0) is 15.6. The van der Waals surface area contributed by atoms with E-state index >= 15 is 0 Å². The van der Waals surface area contributed by atoms with E-state index in [1.807, 2.05) is 5.32 Å². The van der Waals surface area contributed by atoms with Crippen molar-refractivity contribution in [2.24, 2.45) is 5.92 Å². The van der Waals surface area contributed by atoms with Crippen LogP contribution < -0.4 is 10.6 Å². The lowest BCUT2D eigenvalue weighted by atomic mass is 10.1. The molecule has 1 atom stereocenters. The molecule has 1 saturated carbocycles. The van der Waals surface area contributed by atoms with Crippen molar-refractivity contribution in [2.75, 3.05) is 5.32 Å². The van der Waals surface area contributed by atoms with Crippen molar-refractivity contribution in [3.8, 4) is 0 Å². The van der Waals surface area contributed by atoms with Crippen LogP contribution in [0.2, 0.25) is 0 Å². The predicted molar refractivity (Wildman–Crippen MR) is 67.2 cm³/mol. The molecule has 1 aliphatic rings. The first-order valence-corrected chi connectivity index (χ1v) is 6.30. The summed E-state index contributed by atoms with van der Waals surface area (Å²) in [6.07, 6.45) is 1.31. The fourth-order valence-corrected chi connectivity index (χ4v) is 2.00. The minimum Gasteiger partial charge on any atom is -0.481 e. The van der Waals surface area contributed by atoms with E-state index in [1.54, 1.807) is 0 Å². The third kappa shape index (κ3) is 4.11. The number of aliphatic carboxylic acids is 1. The highest BCUT2D eigenvalue weighted by molar-refractivity contribution is 5.90. The zero-order valence-corrected chi connectivity index (χ0v) is 10.8. The number of carboxylic acids is 1. The lowest BCUT2D eigenvalue weighted by Crippen LogP contribution is -2.41. The lowest BCUT2D eigenvalue weighted by Gasteiger charge is -2.17. The largest absolute Gasteiger partial charge is 0.481 e. The molecule has 5 nitrogen and oxygen atoms in total. The fourth-order valence-electron chi connectivity index (χ4n) is 2.00. The van der Waals surface area contributed by atoms with Gasteiger partial charge in [-0.3, -0.25) is 4.79 Å². The van der Waals surface area contributed by atoms with Crippen molar-refractivity contribution in [3.63, 3.8) is 0 Å². The van der Waals surface area contributed by atoms with E-state index < -0.39 is 41.2 Å². The number of halogens is 3. The molecule has 0 saturated heterocycles. The van der Waals surface area contributed by atoms with Gasteiger partial charge in [-0.2, -0.15) is 0 Å². The molecule has 2 rings (SSSR count). The quantitative estimate of drug-likeness (QED) is 0.782. The van der Waals surface area contributed by atoms with Crippen molar-refractivity contribution in [2.45, 2.75) is 25.3 Å². The number of hydrogen-bond donors (Lipinski definition) is 3. The summed E-state index contributed by atoms with van der Waals surface area (Å²) in [5.41, 5.74) is -0.779. The standard InChI is InChI=1S/C13H13F3N2O3/c14-7-3-8(15)12(9(16)4-7)18-13(21)17-10(5-11(19)20)6-1-2-6/h3-4,6,10H,1-2,5H2,(H,19,20)(H2,17,18,21). The number of carbonyl (C=O) groups excluding carboxylic acids is 1. The number of urea groups is 1. The van der Waals surface area contributed by atoms with Crippen LogP contribution in [-0.4, -0.2) is 23.1 Å². The molecule has 0 spiro atoms. The Hall–Kier alpha value is -2.25. The van der Waals surface area contributed by atoms with Gasteiger partial charge < -0.3 is 15.7 Å². The molecular formula is C13H13F3N2O3. The molecule has 1 aromatic carbocycles. The predicted octanol–water partition coefficient (Wildman–Crippen LogP) is 2.48. The Morgan fingerprint density at radius 2 is 1.81 bits per heavy atom. The molecule has 2 amide bonds. The Balaban J connectivity index is 2.02. The highest BCUT2D eigenvalue weighted by Gasteiger charge is 2.34. The van der Waals surface area contributed by atoms with Crippen LogP contribution in [-0.2, 0) is 4.79 Å². The number of amides is 2. The number of hydrogen-bond acceptors (Lipinski definition) is 2. The van der Waals surface area contributed by atoms with E-state index in [-0.39, 0.29) is 12.3 Å². The molecule has 1 aromatic rings. The van der Waals surface area contributed by atoms with E-state index in [2.05, 4.69) is 5.32 Å². The van der Waals surface area contributed by atoms with Crippen molar-refractivity contribution < 1.29 is 27.9 Å². The average Bonchev–Trinajstić information content (AvgIpc) is 3.16. The van der Waals surface area contributed by atoms with Gasteiger partial charge in [0.1, 0.15) is 11.5 Å². The minimum absolute atomic E-state index is 0.0507. The molecule has 0 radical (unpaired) electrons. The Kier molecular flexibility index (Phi) is 4.35. The maximum Gasteiger partial charge on any atom is 0.319 e. The molecule has 3 N–H and O–H groups in total. The molecule has 0 bridgehead atoms. The van der Waals surface area contributed by atoms with Gasteiger partial charge in [-0.05, 0) is 18.8 Å². The Labute approximate surface area is 118 Å². The number of anilines is 1. The normalized spacial score (nSPS) is 15.4. The number of carboxylic acid groups (broad SMARTS) is 1. The molecule has 1 fully saturated rings. The monoisotopic (exact) mass is 302 g/mol. The molecule has 0 aliphatic heterocycles. The van der Waals surface area contributed by atoms with Crippen molar-refractivity contribution >= 4 is 17.7 Å². The van der Waals surface area contributed by atoms with Crippen LogP contribution in [0, 0.1) is 23.4 Å². The van der Waals surface area contributed by atoms with Gasteiger partial charge in [0.15, 0.2) is 11.6 Å². The topological polar surface area (TPSA) is 78.4 Å². The summed E-state index contributed by atoms with van der Waals surface area (Å²) in [5.74, 6) is -4.62. The number of carbonyl (C=O) groups is 2. The number of rotatable bonds is 5. The second-order valence-electron chi connectivity index (χ2n) is 4.88. The van der Waals surface area contributed by atoms with Crippen LogP contribution in [0.15, 0.2) is 12.1 Å². The van der Waals surface area contributed by atoms with Gasteiger partial charge in [-0.15, -0.1) is 0 Å². The van der Waals surface area contributed by atoms with Crippen LogP contribution in [0.5, 0.6) is 0 Å². The van der Waals surface area contributed by atoms with E-state index in [0.717, 1.165) is 12.8 Å². The Morgan fingerprint density at radius 1 is 1.24 bits per heavy atom. The van der Waals surface area contributed by atoms with E-state index in [4.69, 9.17) is 5.11 Å². The summed E-state index contributed by atoms with van der Waals surface area (Å²) in [4.78, 5) is 22.4. The van der Waals surface area contributed by atoms with Gasteiger partial charge in [-0.25, -0.2) is 18.0 Å². The molecule has 1 unspecified atom stereocenters. The molecule has 8 heteroatoms. The summed E-state index contributed by atoms with van der Waals surface area (Å²) in [5, 5.41) is 13.1. The van der Waals surface area contributed by atoms with E-state index in [0.29, 0.717) is 12.1 Å². The van der Waals surface area contributed by atoms with Crippen LogP contribution in [0.1, 0.15) is 19.3 Å². The summed E-state index contributed by atoms with van der Waals surface area (Å²) in [6, 6.07) is -0.658. The molecular weight excluding hydrogens is 289 g/mol. The third-order valence-electron chi connectivity index (χ3n) is 3.15. The maximum atomic E-state index is 13.4. The summed E-state index contributed by atoms with van der Waals surface area (Å²) in [7, 11) is 0. The zero-order valence-electron chi connectivity index (χ0n) is 10.8. The van der Waals surface area contributed by atoms with E-state index in [9.17, 15) is 22.8 Å². The highest BCUT2D eigenvalue weighted by Crippen LogP contribution is 2.34. The second kappa shape index (κ2) is 6.02. The van der Waals surface area contributed by atoms with Gasteiger partial charge in [0, 0.05) is 18.2 Å². The Bertz CT molecular complexity index is 553. The first kappa shape index (κ1) is 15.1. The van der Waals surface area contributed by atoms with Crippen molar-refractivity contribution in [3.05, 3.63) is 29.6 Å². The maximum absolute atomic E-state index is 13.4. The molecule has 0 aromatic heterocycles. The SMILES string of the molecule is O=C(O)CC(NC(=O)Nc1c(F)cc(F)cc1F)C1CC1. The van der Waals surface area contributed by atoms with Gasteiger partial charge >= 0.3 is 12.0 Å². The van der Waals surface area contributed by atoms with Gasteiger partial charge in [-0.1, -0.05) is 0 Å². The lowest BCUT2D eigenvalue weighted by molar-refractivity contribution is -0.137. The van der Waals surface area contributed by atoms with Gasteiger partial charge in [0.25, 0.3) is 0 Å². The molecule has 114 valence electrons. The second-order valence-corrected chi connectivity index (χ2v) is 4.88. The average molecular weight is 302 g/mol. The van der Waals surface area contributed by atoms with Crippen molar-refractivity contribution in [1.82, 2.24) is 5.32 Å².